The second kappa shape index (κ2) is 10.3. The van der Waals surface area contributed by atoms with E-state index in [-0.39, 0.29) is 35.2 Å². The average molecular weight is 454 g/mol. The second-order valence-electron chi connectivity index (χ2n) is 7.84. The molecule has 0 radical (unpaired) electrons. The number of amides is 1. The zero-order chi connectivity index (χ0) is 24.1. The van der Waals surface area contributed by atoms with Gasteiger partial charge in [-0.05, 0) is 50.1 Å². The first-order valence-corrected chi connectivity index (χ1v) is 10.5. The Hall–Kier alpha value is -3.72. The number of hydrogen-bond acceptors (Lipinski definition) is 7. The molecule has 3 rings (SSSR count). The molecule has 0 saturated carbocycles. The lowest BCUT2D eigenvalue weighted by molar-refractivity contribution is -0.384. The van der Waals surface area contributed by atoms with E-state index in [0.717, 1.165) is 0 Å². The van der Waals surface area contributed by atoms with Crippen molar-refractivity contribution in [1.29, 1.82) is 0 Å². The summed E-state index contributed by atoms with van der Waals surface area (Å²) in [7, 11) is 1.53. The van der Waals surface area contributed by atoms with Crippen LogP contribution in [0.2, 0.25) is 0 Å². The van der Waals surface area contributed by atoms with Crippen LogP contribution in [0.3, 0.4) is 0 Å². The molecule has 1 unspecified atom stereocenters. The van der Waals surface area contributed by atoms with Gasteiger partial charge in [0.05, 0.1) is 29.8 Å². The molecule has 1 aliphatic rings. The molecule has 0 bridgehead atoms. The summed E-state index contributed by atoms with van der Waals surface area (Å²) < 4.78 is 10.7. The van der Waals surface area contributed by atoms with Crippen LogP contribution < -0.4 is 4.74 Å². The number of aliphatic hydroxyl groups excluding tert-OH is 1. The molecule has 1 N–H and O–H groups in total. The molecule has 174 valence electrons. The van der Waals surface area contributed by atoms with E-state index in [2.05, 4.69) is 0 Å². The number of aliphatic hydroxyl groups is 1. The van der Waals surface area contributed by atoms with E-state index >= 15 is 0 Å². The van der Waals surface area contributed by atoms with Crippen molar-refractivity contribution in [3.63, 3.8) is 0 Å². The first-order chi connectivity index (χ1) is 15.7. The molecule has 2 aromatic carbocycles. The van der Waals surface area contributed by atoms with Crippen molar-refractivity contribution < 1.29 is 29.1 Å². The Balaban J connectivity index is 2.03. The van der Waals surface area contributed by atoms with Gasteiger partial charge in [-0.2, -0.15) is 0 Å². The number of hydrogen-bond donors (Lipinski definition) is 1. The monoisotopic (exact) mass is 454 g/mol. The molecule has 1 saturated heterocycles. The van der Waals surface area contributed by atoms with Gasteiger partial charge in [-0.1, -0.05) is 12.1 Å². The van der Waals surface area contributed by atoms with E-state index in [4.69, 9.17) is 9.47 Å². The summed E-state index contributed by atoms with van der Waals surface area (Å²) >= 11 is 0. The van der Waals surface area contributed by atoms with Crippen molar-refractivity contribution in [1.82, 2.24) is 4.90 Å². The van der Waals surface area contributed by atoms with E-state index < -0.39 is 22.7 Å². The second-order valence-corrected chi connectivity index (χ2v) is 7.84. The maximum absolute atomic E-state index is 13.0. The Labute approximate surface area is 191 Å². The average Bonchev–Trinajstić information content (AvgIpc) is 3.06. The van der Waals surface area contributed by atoms with Gasteiger partial charge in [0.2, 0.25) is 0 Å². The van der Waals surface area contributed by atoms with Crippen molar-refractivity contribution in [2.45, 2.75) is 32.4 Å². The summed E-state index contributed by atoms with van der Waals surface area (Å²) in [6, 6.07) is 11.2. The number of benzene rings is 2. The van der Waals surface area contributed by atoms with Crippen LogP contribution in [-0.4, -0.2) is 53.0 Å². The van der Waals surface area contributed by atoms with Gasteiger partial charge in [0.25, 0.3) is 17.4 Å². The lowest BCUT2D eigenvalue weighted by Gasteiger charge is -2.25. The van der Waals surface area contributed by atoms with Gasteiger partial charge < -0.3 is 19.5 Å². The molecule has 1 heterocycles. The van der Waals surface area contributed by atoms with Gasteiger partial charge in [-0.15, -0.1) is 0 Å². The number of ether oxygens (including phenoxy) is 2. The molecule has 33 heavy (non-hydrogen) atoms. The van der Waals surface area contributed by atoms with Crippen LogP contribution in [0.4, 0.5) is 5.69 Å². The smallest absolute Gasteiger partial charge is 0.295 e. The fourth-order valence-corrected chi connectivity index (χ4v) is 3.69. The molecule has 1 atom stereocenters. The van der Waals surface area contributed by atoms with E-state index in [9.17, 15) is 24.8 Å². The lowest BCUT2D eigenvalue weighted by atomic mass is 9.95. The maximum Gasteiger partial charge on any atom is 0.295 e. The van der Waals surface area contributed by atoms with Crippen LogP contribution in [0, 0.1) is 10.1 Å². The predicted molar refractivity (Wildman–Crippen MR) is 121 cm³/mol. The van der Waals surface area contributed by atoms with Crippen LogP contribution in [0.1, 0.15) is 37.4 Å². The molecular weight excluding hydrogens is 428 g/mol. The third-order valence-corrected chi connectivity index (χ3v) is 5.32. The van der Waals surface area contributed by atoms with Crippen molar-refractivity contribution in [3.8, 4) is 5.75 Å². The molecular formula is C24H26N2O7. The summed E-state index contributed by atoms with van der Waals surface area (Å²) in [6.07, 6.45) is 0.551. The third-order valence-electron chi connectivity index (χ3n) is 5.32. The number of methoxy groups -OCH3 is 1. The van der Waals surface area contributed by atoms with Gasteiger partial charge in [-0.3, -0.25) is 19.7 Å². The Morgan fingerprint density at radius 3 is 2.30 bits per heavy atom. The van der Waals surface area contributed by atoms with Gasteiger partial charge in [0, 0.05) is 30.8 Å². The van der Waals surface area contributed by atoms with E-state index in [0.29, 0.717) is 24.3 Å². The number of carbonyl (C=O) groups is 2. The number of carbonyl (C=O) groups excluding carboxylic acids is 2. The van der Waals surface area contributed by atoms with Crippen LogP contribution in [0.25, 0.3) is 5.76 Å². The van der Waals surface area contributed by atoms with Gasteiger partial charge in [-0.25, -0.2) is 0 Å². The largest absolute Gasteiger partial charge is 0.507 e. The highest BCUT2D eigenvalue weighted by atomic mass is 16.6. The molecule has 2 aromatic rings. The summed E-state index contributed by atoms with van der Waals surface area (Å²) in [4.78, 5) is 37.7. The zero-order valence-corrected chi connectivity index (χ0v) is 18.7. The number of rotatable bonds is 9. The fraction of sp³-hybridized carbons (Fsp3) is 0.333. The van der Waals surface area contributed by atoms with Gasteiger partial charge in [0.1, 0.15) is 11.5 Å². The van der Waals surface area contributed by atoms with Crippen molar-refractivity contribution in [3.05, 3.63) is 75.3 Å². The molecule has 0 aliphatic carbocycles. The number of likely N-dealkylation sites (tertiary alicyclic amines) is 1. The molecule has 9 heteroatoms. The van der Waals surface area contributed by atoms with Crippen LogP contribution in [-0.2, 0) is 14.3 Å². The molecule has 0 spiro atoms. The number of Topliss-reactive ketones (excluding diaryl/α,β-unsaturated/α-hetero) is 1. The first kappa shape index (κ1) is 23.9. The number of ketones is 1. The quantitative estimate of drug-likeness (QED) is 0.153. The summed E-state index contributed by atoms with van der Waals surface area (Å²) in [6.45, 7) is 4.49. The SMILES string of the molecule is COc1ccc(C2/C(=C(/O)c3ccc([N+](=O)[O-])cc3)C(=O)C(=O)N2CCCOC(C)C)cc1. The Kier molecular flexibility index (Phi) is 7.44. The van der Waals surface area contributed by atoms with Crippen LogP contribution in [0.15, 0.2) is 54.1 Å². The van der Waals surface area contributed by atoms with Crippen LogP contribution in [0.5, 0.6) is 5.75 Å². The number of nitrogens with zero attached hydrogens (tertiary/aromatic N) is 2. The van der Waals surface area contributed by atoms with Crippen molar-refractivity contribution in [2.75, 3.05) is 20.3 Å². The summed E-state index contributed by atoms with van der Waals surface area (Å²) in [5, 5.41) is 21.9. The molecule has 0 aromatic heterocycles. The van der Waals surface area contributed by atoms with Crippen LogP contribution >= 0.6 is 0 Å². The standard InChI is InChI=1S/C24H26N2O7/c1-15(2)33-14-4-13-25-21(16-7-11-19(32-3)12-8-16)20(23(28)24(25)29)22(27)17-5-9-18(10-6-17)26(30)31/h5-12,15,21,27H,4,13-14H2,1-3H3/b22-20-. The Morgan fingerprint density at radius 1 is 1.12 bits per heavy atom. The highest BCUT2D eigenvalue weighted by Gasteiger charge is 2.45. The minimum Gasteiger partial charge on any atom is -0.507 e. The van der Waals surface area contributed by atoms with E-state index in [1.807, 2.05) is 13.8 Å². The summed E-state index contributed by atoms with van der Waals surface area (Å²) in [5.41, 5.74) is 0.621. The highest BCUT2D eigenvalue weighted by Crippen LogP contribution is 2.40. The zero-order valence-electron chi connectivity index (χ0n) is 18.7. The first-order valence-electron chi connectivity index (χ1n) is 10.5. The minimum absolute atomic E-state index is 0.0416. The topological polar surface area (TPSA) is 119 Å². The number of non-ortho nitro benzene ring substituents is 1. The predicted octanol–water partition coefficient (Wildman–Crippen LogP) is 3.84. The van der Waals surface area contributed by atoms with Gasteiger partial charge >= 0.3 is 0 Å². The summed E-state index contributed by atoms with van der Waals surface area (Å²) in [5.74, 6) is -1.30. The highest BCUT2D eigenvalue weighted by molar-refractivity contribution is 6.46. The molecule has 1 fully saturated rings. The minimum atomic E-state index is -0.815. The molecule has 1 aliphatic heterocycles. The fourth-order valence-electron chi connectivity index (χ4n) is 3.69. The Bertz CT molecular complexity index is 1060. The molecule has 1 amide bonds. The molecule has 9 nitrogen and oxygen atoms in total. The van der Waals surface area contributed by atoms with Gasteiger partial charge in [0.15, 0.2) is 0 Å². The van der Waals surface area contributed by atoms with E-state index in [1.165, 1.54) is 36.3 Å². The van der Waals surface area contributed by atoms with Crippen molar-refractivity contribution in [2.24, 2.45) is 0 Å². The van der Waals surface area contributed by atoms with E-state index in [1.54, 1.807) is 24.3 Å². The third kappa shape index (κ3) is 5.20. The van der Waals surface area contributed by atoms with Crippen molar-refractivity contribution >= 4 is 23.1 Å². The number of nitro groups is 1. The lowest BCUT2D eigenvalue weighted by Crippen LogP contribution is -2.31. The maximum atomic E-state index is 13.0. The number of nitro benzene ring substituents is 1. The Morgan fingerprint density at radius 2 is 1.76 bits per heavy atom. The normalized spacial score (nSPS) is 17.6.